The topological polar surface area (TPSA) is 34.1 Å². The fourth-order valence-corrected chi connectivity index (χ4v) is 2.82. The highest BCUT2D eigenvalue weighted by atomic mass is 79.9. The normalized spacial score (nSPS) is 16.9. The zero-order chi connectivity index (χ0) is 12.4. The molecule has 0 bridgehead atoms. The number of ether oxygens (including phenoxy) is 1. The molecule has 3 nitrogen and oxygen atoms in total. The molecule has 3 rings (SSSR count). The van der Waals surface area contributed by atoms with E-state index in [1.165, 1.54) is 10.8 Å². The van der Waals surface area contributed by atoms with E-state index in [4.69, 9.17) is 4.74 Å². The van der Waals surface area contributed by atoms with Crippen LogP contribution in [0.25, 0.3) is 10.8 Å². The van der Waals surface area contributed by atoms with Gasteiger partial charge in [0.05, 0.1) is 0 Å². The number of benzene rings is 1. The summed E-state index contributed by atoms with van der Waals surface area (Å²) in [7, 11) is 0. The number of pyridine rings is 1. The van der Waals surface area contributed by atoms with E-state index in [0.29, 0.717) is 6.04 Å². The average molecular weight is 307 g/mol. The number of halogens is 1. The Morgan fingerprint density at radius 1 is 1.17 bits per heavy atom. The molecule has 1 aromatic carbocycles. The molecule has 18 heavy (non-hydrogen) atoms. The van der Waals surface area contributed by atoms with Crippen molar-refractivity contribution >= 4 is 32.5 Å². The maximum absolute atomic E-state index is 5.38. The number of anilines is 1. The highest BCUT2D eigenvalue weighted by Gasteiger charge is 2.15. The predicted octanol–water partition coefficient (Wildman–Crippen LogP) is 3.59. The van der Waals surface area contributed by atoms with Crippen LogP contribution in [0.15, 0.2) is 34.9 Å². The number of fused-ring (bicyclic) bond motifs is 1. The third-order valence-electron chi connectivity index (χ3n) is 3.32. The molecule has 1 N–H and O–H groups in total. The van der Waals surface area contributed by atoms with Crippen molar-refractivity contribution in [2.24, 2.45) is 0 Å². The summed E-state index contributed by atoms with van der Waals surface area (Å²) in [6, 6.07) is 8.71. The molecule has 0 unspecified atom stereocenters. The van der Waals surface area contributed by atoms with Crippen molar-refractivity contribution in [2.45, 2.75) is 18.9 Å². The van der Waals surface area contributed by atoms with Gasteiger partial charge in [-0.15, -0.1) is 0 Å². The van der Waals surface area contributed by atoms with Crippen LogP contribution in [0.2, 0.25) is 0 Å². The molecule has 1 aliphatic heterocycles. The van der Waals surface area contributed by atoms with E-state index >= 15 is 0 Å². The SMILES string of the molecule is Brc1cccc2c(NC3CCOCC3)nccc12. The maximum Gasteiger partial charge on any atom is 0.134 e. The Kier molecular flexibility index (Phi) is 3.48. The summed E-state index contributed by atoms with van der Waals surface area (Å²) in [6.45, 7) is 1.68. The van der Waals surface area contributed by atoms with Crippen LogP contribution in [-0.4, -0.2) is 24.2 Å². The molecule has 0 spiro atoms. The first-order chi connectivity index (χ1) is 8.84. The Balaban J connectivity index is 1.93. The van der Waals surface area contributed by atoms with Gasteiger partial charge in [0.1, 0.15) is 5.82 Å². The zero-order valence-corrected chi connectivity index (χ0v) is 11.6. The number of nitrogens with zero attached hydrogens (tertiary/aromatic N) is 1. The van der Waals surface area contributed by atoms with Crippen molar-refractivity contribution < 1.29 is 4.74 Å². The predicted molar refractivity (Wildman–Crippen MR) is 76.9 cm³/mol. The third-order valence-corrected chi connectivity index (χ3v) is 4.01. The summed E-state index contributed by atoms with van der Waals surface area (Å²) in [4.78, 5) is 4.47. The van der Waals surface area contributed by atoms with E-state index in [1.807, 2.05) is 18.3 Å². The summed E-state index contributed by atoms with van der Waals surface area (Å²) >= 11 is 3.58. The second-order valence-corrected chi connectivity index (χ2v) is 5.38. The van der Waals surface area contributed by atoms with Crippen molar-refractivity contribution in [3.05, 3.63) is 34.9 Å². The van der Waals surface area contributed by atoms with Gasteiger partial charge in [-0.2, -0.15) is 0 Å². The van der Waals surface area contributed by atoms with E-state index in [9.17, 15) is 0 Å². The molecule has 0 atom stereocenters. The van der Waals surface area contributed by atoms with Crippen molar-refractivity contribution in [3.63, 3.8) is 0 Å². The molecule has 2 aromatic rings. The van der Waals surface area contributed by atoms with Crippen LogP contribution in [0.4, 0.5) is 5.82 Å². The molecular formula is C14H15BrN2O. The standard InChI is InChI=1S/C14H15BrN2O/c15-13-3-1-2-12-11(13)4-7-16-14(12)17-10-5-8-18-9-6-10/h1-4,7,10H,5-6,8-9H2,(H,16,17). The summed E-state index contributed by atoms with van der Waals surface area (Å²) in [5.41, 5.74) is 0. The van der Waals surface area contributed by atoms with E-state index in [-0.39, 0.29) is 0 Å². The van der Waals surface area contributed by atoms with Crippen LogP contribution in [0.5, 0.6) is 0 Å². The van der Waals surface area contributed by atoms with Gasteiger partial charge in [-0.3, -0.25) is 0 Å². The van der Waals surface area contributed by atoms with Crippen LogP contribution in [0.3, 0.4) is 0 Å². The lowest BCUT2D eigenvalue weighted by Gasteiger charge is -2.24. The molecule has 4 heteroatoms. The molecule has 1 aliphatic rings. The molecule has 0 amide bonds. The van der Waals surface area contributed by atoms with Gasteiger partial charge in [0, 0.05) is 40.7 Å². The summed E-state index contributed by atoms with van der Waals surface area (Å²) < 4.78 is 6.48. The Morgan fingerprint density at radius 3 is 2.83 bits per heavy atom. The van der Waals surface area contributed by atoms with Crippen molar-refractivity contribution in [2.75, 3.05) is 18.5 Å². The minimum atomic E-state index is 0.468. The second-order valence-electron chi connectivity index (χ2n) is 4.53. The highest BCUT2D eigenvalue weighted by molar-refractivity contribution is 9.10. The zero-order valence-electron chi connectivity index (χ0n) is 10.0. The van der Waals surface area contributed by atoms with Gasteiger partial charge in [-0.25, -0.2) is 4.98 Å². The molecule has 0 saturated carbocycles. The number of hydrogen-bond donors (Lipinski definition) is 1. The lowest BCUT2D eigenvalue weighted by Crippen LogP contribution is -2.28. The summed E-state index contributed by atoms with van der Waals surface area (Å²) in [5.74, 6) is 0.973. The Morgan fingerprint density at radius 2 is 2.00 bits per heavy atom. The quantitative estimate of drug-likeness (QED) is 0.920. The fraction of sp³-hybridized carbons (Fsp3) is 0.357. The first kappa shape index (κ1) is 11.9. The molecular weight excluding hydrogens is 292 g/mol. The fourth-order valence-electron chi connectivity index (χ4n) is 2.32. The van der Waals surface area contributed by atoms with Gasteiger partial charge in [-0.05, 0) is 25.0 Å². The Hall–Kier alpha value is -1.13. The van der Waals surface area contributed by atoms with Gasteiger partial charge in [0.25, 0.3) is 0 Å². The van der Waals surface area contributed by atoms with E-state index in [2.05, 4.69) is 38.4 Å². The number of rotatable bonds is 2. The van der Waals surface area contributed by atoms with E-state index < -0.39 is 0 Å². The van der Waals surface area contributed by atoms with Gasteiger partial charge < -0.3 is 10.1 Å². The molecule has 0 radical (unpaired) electrons. The van der Waals surface area contributed by atoms with Gasteiger partial charge >= 0.3 is 0 Å². The molecule has 2 heterocycles. The smallest absolute Gasteiger partial charge is 0.134 e. The first-order valence-corrected chi connectivity index (χ1v) is 7.01. The maximum atomic E-state index is 5.38. The molecule has 94 valence electrons. The number of aromatic nitrogens is 1. The van der Waals surface area contributed by atoms with Crippen LogP contribution in [0.1, 0.15) is 12.8 Å². The third kappa shape index (κ3) is 2.35. The lowest BCUT2D eigenvalue weighted by atomic mass is 10.1. The molecule has 1 saturated heterocycles. The van der Waals surface area contributed by atoms with Crippen LogP contribution in [-0.2, 0) is 4.74 Å². The summed E-state index contributed by atoms with van der Waals surface area (Å²) in [6.07, 6.45) is 3.95. The highest BCUT2D eigenvalue weighted by Crippen LogP contribution is 2.28. The lowest BCUT2D eigenvalue weighted by molar-refractivity contribution is 0.0904. The monoisotopic (exact) mass is 306 g/mol. The van der Waals surface area contributed by atoms with Crippen molar-refractivity contribution in [3.8, 4) is 0 Å². The largest absolute Gasteiger partial charge is 0.381 e. The van der Waals surface area contributed by atoms with Gasteiger partial charge in [0.2, 0.25) is 0 Å². The van der Waals surface area contributed by atoms with Crippen LogP contribution in [0, 0.1) is 0 Å². The van der Waals surface area contributed by atoms with E-state index in [0.717, 1.165) is 36.3 Å². The molecule has 1 aromatic heterocycles. The Labute approximate surface area is 115 Å². The minimum Gasteiger partial charge on any atom is -0.381 e. The molecule has 1 fully saturated rings. The van der Waals surface area contributed by atoms with Crippen molar-refractivity contribution in [1.29, 1.82) is 0 Å². The van der Waals surface area contributed by atoms with E-state index in [1.54, 1.807) is 0 Å². The number of nitrogens with one attached hydrogen (secondary N) is 1. The number of hydrogen-bond acceptors (Lipinski definition) is 3. The van der Waals surface area contributed by atoms with Crippen LogP contribution < -0.4 is 5.32 Å². The van der Waals surface area contributed by atoms with Gasteiger partial charge in [0.15, 0.2) is 0 Å². The van der Waals surface area contributed by atoms with Crippen molar-refractivity contribution in [1.82, 2.24) is 4.98 Å². The average Bonchev–Trinajstić information content (AvgIpc) is 2.41. The first-order valence-electron chi connectivity index (χ1n) is 6.22. The second kappa shape index (κ2) is 5.24. The van der Waals surface area contributed by atoms with Gasteiger partial charge in [-0.1, -0.05) is 28.1 Å². The Bertz CT molecular complexity index is 552. The minimum absolute atomic E-state index is 0.468. The van der Waals surface area contributed by atoms with Crippen LogP contribution >= 0.6 is 15.9 Å². The summed E-state index contributed by atoms with van der Waals surface area (Å²) in [5, 5.41) is 5.90. The molecule has 0 aliphatic carbocycles.